The third kappa shape index (κ3) is 3.33. The van der Waals surface area contributed by atoms with Crippen molar-refractivity contribution < 1.29 is 14.3 Å². The number of aromatic nitrogens is 2. The van der Waals surface area contributed by atoms with Crippen LogP contribution in [0.2, 0.25) is 0 Å². The van der Waals surface area contributed by atoms with Crippen molar-refractivity contribution in [2.75, 3.05) is 17.7 Å². The number of esters is 1. The van der Waals surface area contributed by atoms with E-state index in [0.717, 1.165) is 16.3 Å². The molecule has 7 nitrogen and oxygen atoms in total. The quantitative estimate of drug-likeness (QED) is 0.415. The molecule has 0 spiro atoms. The SMILES string of the molecule is COC(=O)c1ccc(NC(=O)Nc2cc3ncccc3c3cccnc23)cc1. The third-order valence-electron chi connectivity index (χ3n) is 4.28. The summed E-state index contributed by atoms with van der Waals surface area (Å²) in [5, 5.41) is 7.44. The van der Waals surface area contributed by atoms with Crippen molar-refractivity contribution in [1.29, 1.82) is 0 Å². The number of urea groups is 1. The lowest BCUT2D eigenvalue weighted by atomic mass is 10.1. The Balaban J connectivity index is 1.60. The summed E-state index contributed by atoms with van der Waals surface area (Å²) in [5.74, 6) is -0.433. The fourth-order valence-corrected chi connectivity index (χ4v) is 2.99. The van der Waals surface area contributed by atoms with Gasteiger partial charge in [-0.3, -0.25) is 9.97 Å². The minimum absolute atomic E-state index is 0.407. The van der Waals surface area contributed by atoms with Gasteiger partial charge in [-0.1, -0.05) is 12.1 Å². The van der Waals surface area contributed by atoms with E-state index >= 15 is 0 Å². The first-order chi connectivity index (χ1) is 13.7. The summed E-state index contributed by atoms with van der Waals surface area (Å²) in [5.41, 5.74) is 2.95. The predicted octanol–water partition coefficient (Wildman–Crippen LogP) is 4.21. The number of benzene rings is 2. The van der Waals surface area contributed by atoms with Crippen LogP contribution in [0.4, 0.5) is 16.2 Å². The average Bonchev–Trinajstić information content (AvgIpc) is 2.74. The molecule has 0 atom stereocenters. The summed E-state index contributed by atoms with van der Waals surface area (Å²) in [6, 6.07) is 15.4. The van der Waals surface area contributed by atoms with Gasteiger partial charge in [-0.25, -0.2) is 9.59 Å². The van der Waals surface area contributed by atoms with E-state index in [1.54, 1.807) is 42.7 Å². The highest BCUT2D eigenvalue weighted by atomic mass is 16.5. The Bertz CT molecular complexity index is 1190. The van der Waals surface area contributed by atoms with E-state index in [1.165, 1.54) is 7.11 Å². The Morgan fingerprint density at radius 3 is 2.36 bits per heavy atom. The lowest BCUT2D eigenvalue weighted by Crippen LogP contribution is -2.19. The molecule has 0 saturated heterocycles. The minimum Gasteiger partial charge on any atom is -0.465 e. The second-order valence-corrected chi connectivity index (χ2v) is 6.04. The Morgan fingerprint density at radius 2 is 1.61 bits per heavy atom. The Labute approximate surface area is 160 Å². The van der Waals surface area contributed by atoms with E-state index in [9.17, 15) is 9.59 Å². The molecule has 0 radical (unpaired) electrons. The molecule has 28 heavy (non-hydrogen) atoms. The molecule has 0 unspecified atom stereocenters. The molecule has 7 heteroatoms. The predicted molar refractivity (Wildman–Crippen MR) is 107 cm³/mol. The van der Waals surface area contributed by atoms with Gasteiger partial charge in [0, 0.05) is 28.9 Å². The number of pyridine rings is 2. The number of ether oxygens (including phenoxy) is 1. The van der Waals surface area contributed by atoms with Crippen molar-refractivity contribution in [1.82, 2.24) is 9.97 Å². The number of carbonyl (C=O) groups excluding carboxylic acids is 2. The van der Waals surface area contributed by atoms with Crippen LogP contribution in [0.25, 0.3) is 21.8 Å². The minimum atomic E-state index is -0.433. The highest BCUT2D eigenvalue weighted by Crippen LogP contribution is 2.29. The van der Waals surface area contributed by atoms with Crippen LogP contribution >= 0.6 is 0 Å². The first-order valence-electron chi connectivity index (χ1n) is 8.54. The molecule has 2 aromatic carbocycles. The van der Waals surface area contributed by atoms with E-state index in [1.807, 2.05) is 24.3 Å². The van der Waals surface area contributed by atoms with Gasteiger partial charge in [-0.05, 0) is 42.5 Å². The fraction of sp³-hybridized carbons (Fsp3) is 0.0476. The zero-order chi connectivity index (χ0) is 19.5. The summed E-state index contributed by atoms with van der Waals surface area (Å²) in [7, 11) is 1.32. The number of nitrogens with zero attached hydrogens (tertiary/aromatic N) is 2. The topological polar surface area (TPSA) is 93.2 Å². The molecule has 4 rings (SSSR count). The van der Waals surface area contributed by atoms with Gasteiger partial charge in [0.25, 0.3) is 0 Å². The summed E-state index contributed by atoms with van der Waals surface area (Å²) in [6.45, 7) is 0. The second-order valence-electron chi connectivity index (χ2n) is 6.04. The summed E-state index contributed by atoms with van der Waals surface area (Å²) >= 11 is 0. The lowest BCUT2D eigenvalue weighted by molar-refractivity contribution is 0.0600. The molecular weight excluding hydrogens is 356 g/mol. The van der Waals surface area contributed by atoms with Gasteiger partial charge in [0.15, 0.2) is 0 Å². The van der Waals surface area contributed by atoms with Gasteiger partial charge in [0.05, 0.1) is 29.4 Å². The molecule has 2 heterocycles. The molecule has 0 saturated carbocycles. The summed E-state index contributed by atoms with van der Waals surface area (Å²) in [4.78, 5) is 32.7. The van der Waals surface area contributed by atoms with E-state index < -0.39 is 12.0 Å². The van der Waals surface area contributed by atoms with Crippen LogP contribution in [0.5, 0.6) is 0 Å². The van der Waals surface area contributed by atoms with Crippen LogP contribution in [0.3, 0.4) is 0 Å². The molecule has 2 aromatic heterocycles. The number of nitrogens with one attached hydrogen (secondary N) is 2. The highest BCUT2D eigenvalue weighted by molar-refractivity contribution is 6.13. The number of carbonyl (C=O) groups is 2. The first kappa shape index (κ1) is 17.4. The maximum absolute atomic E-state index is 12.5. The smallest absolute Gasteiger partial charge is 0.337 e. The van der Waals surface area contributed by atoms with Gasteiger partial charge >= 0.3 is 12.0 Å². The zero-order valence-electron chi connectivity index (χ0n) is 15.0. The van der Waals surface area contributed by atoms with E-state index in [4.69, 9.17) is 0 Å². The number of amides is 2. The Hall–Kier alpha value is -4.00. The van der Waals surface area contributed by atoms with Crippen molar-refractivity contribution >= 4 is 45.2 Å². The van der Waals surface area contributed by atoms with Crippen molar-refractivity contribution in [2.45, 2.75) is 0 Å². The van der Waals surface area contributed by atoms with Gasteiger partial charge in [-0.2, -0.15) is 0 Å². The van der Waals surface area contributed by atoms with Crippen LogP contribution in [0, 0.1) is 0 Å². The first-order valence-corrected chi connectivity index (χ1v) is 8.54. The molecule has 0 aliphatic heterocycles. The maximum Gasteiger partial charge on any atom is 0.337 e. The monoisotopic (exact) mass is 372 g/mol. The van der Waals surface area contributed by atoms with Crippen molar-refractivity contribution in [2.24, 2.45) is 0 Å². The third-order valence-corrected chi connectivity index (χ3v) is 4.28. The lowest BCUT2D eigenvalue weighted by Gasteiger charge is -2.11. The van der Waals surface area contributed by atoms with E-state index in [2.05, 4.69) is 25.3 Å². The van der Waals surface area contributed by atoms with Crippen LogP contribution in [0.15, 0.2) is 67.0 Å². The van der Waals surface area contributed by atoms with Gasteiger partial charge < -0.3 is 15.4 Å². The van der Waals surface area contributed by atoms with Crippen LogP contribution in [-0.4, -0.2) is 29.1 Å². The Morgan fingerprint density at radius 1 is 0.893 bits per heavy atom. The van der Waals surface area contributed by atoms with Gasteiger partial charge in [-0.15, -0.1) is 0 Å². The highest BCUT2D eigenvalue weighted by Gasteiger charge is 2.11. The second kappa shape index (κ2) is 7.32. The number of rotatable bonds is 3. The number of anilines is 2. The van der Waals surface area contributed by atoms with Gasteiger partial charge in [0.1, 0.15) is 0 Å². The molecule has 2 amide bonds. The number of hydrogen-bond donors (Lipinski definition) is 2. The van der Waals surface area contributed by atoms with Crippen LogP contribution in [-0.2, 0) is 4.74 Å². The van der Waals surface area contributed by atoms with Crippen molar-refractivity contribution in [3.05, 3.63) is 72.6 Å². The molecule has 0 aliphatic rings. The zero-order valence-corrected chi connectivity index (χ0v) is 15.0. The van der Waals surface area contributed by atoms with Crippen molar-refractivity contribution in [3.63, 3.8) is 0 Å². The molecule has 0 bridgehead atoms. The normalized spacial score (nSPS) is 10.6. The summed E-state index contributed by atoms with van der Waals surface area (Å²) < 4.78 is 4.66. The molecule has 2 N–H and O–H groups in total. The Kier molecular flexibility index (Phi) is 4.55. The molecular formula is C21H16N4O3. The molecule has 4 aromatic rings. The van der Waals surface area contributed by atoms with Crippen LogP contribution < -0.4 is 10.6 Å². The number of hydrogen-bond acceptors (Lipinski definition) is 5. The standard InChI is InChI=1S/C21H16N4O3/c1-28-20(26)13-6-8-14(9-7-13)24-21(27)25-18-12-17-15(4-2-10-22-17)16-5-3-11-23-19(16)18/h2-12H,1H3,(H2,24,25,27). The summed E-state index contributed by atoms with van der Waals surface area (Å²) in [6.07, 6.45) is 3.39. The number of methoxy groups -OCH3 is 1. The fourth-order valence-electron chi connectivity index (χ4n) is 2.99. The molecule has 0 aliphatic carbocycles. The maximum atomic E-state index is 12.5. The molecule has 0 fully saturated rings. The van der Waals surface area contributed by atoms with Crippen molar-refractivity contribution in [3.8, 4) is 0 Å². The average molecular weight is 372 g/mol. The number of fused-ring (bicyclic) bond motifs is 3. The molecule has 138 valence electrons. The van der Waals surface area contributed by atoms with E-state index in [-0.39, 0.29) is 0 Å². The van der Waals surface area contributed by atoms with Gasteiger partial charge in [0.2, 0.25) is 0 Å². The van der Waals surface area contributed by atoms with E-state index in [0.29, 0.717) is 22.5 Å². The largest absolute Gasteiger partial charge is 0.465 e. The van der Waals surface area contributed by atoms with Crippen LogP contribution in [0.1, 0.15) is 10.4 Å².